The minimum absolute atomic E-state index is 0.0283. The van der Waals surface area contributed by atoms with E-state index in [-0.39, 0.29) is 16.5 Å². The maximum absolute atomic E-state index is 13.8. The molecule has 40 heavy (non-hydrogen) atoms. The van der Waals surface area contributed by atoms with Gasteiger partial charge in [-0.3, -0.25) is 14.2 Å². The number of rotatable bonds is 4. The molecule has 1 fully saturated rings. The lowest BCUT2D eigenvalue weighted by Crippen LogP contribution is -2.41. The molecule has 0 radical (unpaired) electrons. The number of para-hydroxylation sites is 1. The van der Waals surface area contributed by atoms with Gasteiger partial charge in [-0.15, -0.1) is 0 Å². The number of hydrogen-bond acceptors (Lipinski definition) is 5. The fourth-order valence-electron chi connectivity index (χ4n) is 6.55. The lowest BCUT2D eigenvalue weighted by Gasteiger charge is -2.41. The minimum atomic E-state index is -0.139. The van der Waals surface area contributed by atoms with Gasteiger partial charge in [-0.25, -0.2) is 9.97 Å². The SMILES string of the molecule is Cc1ccc(-n2c(SCc3nc4c(c(=O)[nH]3)C3(CCCCC3)Cc3ccccc3-4)nc3ccccc3c2=O)cc1. The van der Waals surface area contributed by atoms with Crippen LogP contribution in [0.15, 0.2) is 87.5 Å². The molecule has 5 aromatic rings. The van der Waals surface area contributed by atoms with E-state index >= 15 is 0 Å². The summed E-state index contributed by atoms with van der Waals surface area (Å²) in [7, 11) is 0. The summed E-state index contributed by atoms with van der Waals surface area (Å²) in [5.41, 5.74) is 6.27. The molecule has 1 saturated carbocycles. The molecule has 7 heteroatoms. The van der Waals surface area contributed by atoms with Crippen LogP contribution in [0.3, 0.4) is 0 Å². The highest BCUT2D eigenvalue weighted by molar-refractivity contribution is 7.98. The Morgan fingerprint density at radius 2 is 1.65 bits per heavy atom. The number of thioether (sulfide) groups is 1. The molecule has 2 aliphatic carbocycles. The molecule has 1 spiro atoms. The number of benzene rings is 3. The summed E-state index contributed by atoms with van der Waals surface area (Å²) in [4.78, 5) is 40.5. The molecule has 0 bridgehead atoms. The van der Waals surface area contributed by atoms with E-state index in [1.807, 2.05) is 61.5 Å². The zero-order valence-corrected chi connectivity index (χ0v) is 23.3. The number of nitrogens with one attached hydrogen (secondary N) is 1. The van der Waals surface area contributed by atoms with Crippen LogP contribution in [-0.4, -0.2) is 19.5 Å². The first-order valence-electron chi connectivity index (χ1n) is 14.0. The predicted octanol–water partition coefficient (Wildman–Crippen LogP) is 6.49. The Bertz CT molecular complexity index is 1870. The quantitative estimate of drug-likeness (QED) is 0.206. The summed E-state index contributed by atoms with van der Waals surface area (Å²) in [5.74, 6) is 0.975. The van der Waals surface area contributed by atoms with Crippen LogP contribution in [0.5, 0.6) is 0 Å². The van der Waals surface area contributed by atoms with Crippen molar-refractivity contribution in [2.75, 3.05) is 0 Å². The standard InChI is InChI=1S/C33H30N4O2S/c1-21-13-15-23(16-14-21)37-31(39)25-11-5-6-12-26(25)34-32(37)40-20-27-35-29-24-10-4-3-9-22(24)19-33(17-7-2-8-18-33)28(29)30(38)36-27/h3-6,9-16H,2,7-8,17-20H2,1H3,(H,35,36,38). The zero-order chi connectivity index (χ0) is 27.3. The van der Waals surface area contributed by atoms with E-state index in [2.05, 4.69) is 23.2 Å². The first-order valence-corrected chi connectivity index (χ1v) is 14.9. The normalized spacial score (nSPS) is 15.6. The summed E-state index contributed by atoms with van der Waals surface area (Å²) in [5, 5.41) is 1.14. The average molecular weight is 547 g/mol. The highest BCUT2D eigenvalue weighted by atomic mass is 32.2. The van der Waals surface area contributed by atoms with Gasteiger partial charge in [0, 0.05) is 11.0 Å². The third-order valence-electron chi connectivity index (χ3n) is 8.49. The van der Waals surface area contributed by atoms with Crippen molar-refractivity contribution in [1.82, 2.24) is 19.5 Å². The molecule has 200 valence electrons. The molecule has 2 heterocycles. The van der Waals surface area contributed by atoms with Crippen molar-refractivity contribution < 1.29 is 0 Å². The lowest BCUT2D eigenvalue weighted by molar-refractivity contribution is 0.285. The Morgan fingerprint density at radius 1 is 0.900 bits per heavy atom. The number of aromatic nitrogens is 4. The van der Waals surface area contributed by atoms with E-state index in [0.29, 0.717) is 27.6 Å². The van der Waals surface area contributed by atoms with Gasteiger partial charge in [0.1, 0.15) is 5.82 Å². The van der Waals surface area contributed by atoms with Crippen molar-refractivity contribution in [3.05, 3.63) is 116 Å². The van der Waals surface area contributed by atoms with Gasteiger partial charge in [0.05, 0.1) is 33.6 Å². The summed E-state index contributed by atoms with van der Waals surface area (Å²) < 4.78 is 1.66. The smallest absolute Gasteiger partial charge is 0.266 e. The summed E-state index contributed by atoms with van der Waals surface area (Å²) >= 11 is 1.42. The van der Waals surface area contributed by atoms with Crippen LogP contribution in [0.25, 0.3) is 27.8 Å². The topological polar surface area (TPSA) is 80.6 Å². The molecule has 0 aliphatic heterocycles. The first-order chi connectivity index (χ1) is 19.5. The third-order valence-corrected chi connectivity index (χ3v) is 9.44. The molecule has 7 rings (SSSR count). The predicted molar refractivity (Wildman–Crippen MR) is 160 cm³/mol. The van der Waals surface area contributed by atoms with Crippen molar-refractivity contribution in [2.45, 2.75) is 61.8 Å². The summed E-state index contributed by atoms with van der Waals surface area (Å²) in [6.45, 7) is 2.02. The fourth-order valence-corrected chi connectivity index (χ4v) is 7.44. The van der Waals surface area contributed by atoms with Crippen LogP contribution in [0.1, 0.15) is 54.6 Å². The Balaban J connectivity index is 1.32. The Hall–Kier alpha value is -3.97. The molecule has 2 aromatic heterocycles. The summed E-state index contributed by atoms with van der Waals surface area (Å²) in [6.07, 6.45) is 6.46. The number of aromatic amines is 1. The summed E-state index contributed by atoms with van der Waals surface area (Å²) in [6, 6.07) is 23.7. The van der Waals surface area contributed by atoms with Gasteiger partial charge in [0.25, 0.3) is 11.1 Å². The second-order valence-electron chi connectivity index (χ2n) is 11.1. The molecule has 6 nitrogen and oxygen atoms in total. The highest BCUT2D eigenvalue weighted by Gasteiger charge is 2.42. The molecule has 1 N–H and O–H groups in total. The minimum Gasteiger partial charge on any atom is -0.310 e. The van der Waals surface area contributed by atoms with E-state index in [1.54, 1.807) is 4.57 Å². The van der Waals surface area contributed by atoms with Gasteiger partial charge in [0.15, 0.2) is 5.16 Å². The van der Waals surface area contributed by atoms with Gasteiger partial charge in [0.2, 0.25) is 0 Å². The Morgan fingerprint density at radius 3 is 2.48 bits per heavy atom. The highest BCUT2D eigenvalue weighted by Crippen LogP contribution is 2.48. The van der Waals surface area contributed by atoms with Gasteiger partial charge in [-0.1, -0.05) is 85.1 Å². The van der Waals surface area contributed by atoms with Crippen LogP contribution in [0, 0.1) is 6.92 Å². The van der Waals surface area contributed by atoms with Crippen molar-refractivity contribution in [3.63, 3.8) is 0 Å². The maximum Gasteiger partial charge on any atom is 0.266 e. The van der Waals surface area contributed by atoms with Gasteiger partial charge >= 0.3 is 0 Å². The third kappa shape index (κ3) is 4.20. The van der Waals surface area contributed by atoms with Crippen molar-refractivity contribution in [2.24, 2.45) is 0 Å². The van der Waals surface area contributed by atoms with Crippen molar-refractivity contribution in [1.29, 1.82) is 0 Å². The zero-order valence-electron chi connectivity index (χ0n) is 22.4. The van der Waals surface area contributed by atoms with Crippen LogP contribution >= 0.6 is 11.8 Å². The van der Waals surface area contributed by atoms with Crippen molar-refractivity contribution in [3.8, 4) is 16.9 Å². The van der Waals surface area contributed by atoms with E-state index in [4.69, 9.17) is 9.97 Å². The molecular formula is C33H30N4O2S. The van der Waals surface area contributed by atoms with E-state index in [1.165, 1.54) is 23.7 Å². The average Bonchev–Trinajstić information content (AvgIpc) is 2.97. The van der Waals surface area contributed by atoms with Gasteiger partial charge < -0.3 is 4.98 Å². The lowest BCUT2D eigenvalue weighted by atomic mass is 9.62. The fraction of sp³-hybridized carbons (Fsp3) is 0.273. The molecule has 0 amide bonds. The second-order valence-corrected chi connectivity index (χ2v) is 12.0. The molecule has 3 aromatic carbocycles. The van der Waals surface area contributed by atoms with Gasteiger partial charge in [-0.2, -0.15) is 0 Å². The van der Waals surface area contributed by atoms with Crippen LogP contribution in [0.4, 0.5) is 0 Å². The van der Waals surface area contributed by atoms with E-state index in [9.17, 15) is 9.59 Å². The number of nitrogens with zero attached hydrogens (tertiary/aromatic N) is 3. The Labute approximate surface area is 236 Å². The van der Waals surface area contributed by atoms with Gasteiger partial charge in [-0.05, 0) is 56.0 Å². The molecule has 0 unspecified atom stereocenters. The van der Waals surface area contributed by atoms with Crippen LogP contribution in [-0.2, 0) is 17.6 Å². The number of fused-ring (bicyclic) bond motifs is 5. The molecule has 0 atom stereocenters. The molecular weight excluding hydrogens is 516 g/mol. The molecule has 2 aliphatic rings. The maximum atomic E-state index is 13.8. The second kappa shape index (κ2) is 9.89. The number of hydrogen-bond donors (Lipinski definition) is 1. The molecule has 0 saturated heterocycles. The monoisotopic (exact) mass is 546 g/mol. The number of aryl methyl sites for hydroxylation is 1. The Kier molecular flexibility index (Phi) is 6.19. The number of H-pyrrole nitrogens is 1. The van der Waals surface area contributed by atoms with Crippen LogP contribution in [0.2, 0.25) is 0 Å². The largest absolute Gasteiger partial charge is 0.310 e. The van der Waals surface area contributed by atoms with Crippen molar-refractivity contribution >= 4 is 22.7 Å². The van der Waals surface area contributed by atoms with E-state index in [0.717, 1.165) is 60.2 Å². The van der Waals surface area contributed by atoms with E-state index < -0.39 is 0 Å². The van der Waals surface area contributed by atoms with Crippen LogP contribution < -0.4 is 11.1 Å². The first kappa shape index (κ1) is 25.0.